The second-order valence-corrected chi connectivity index (χ2v) is 4.69. The second kappa shape index (κ2) is 5.23. The normalized spacial score (nSPS) is 10.2. The number of nitro groups is 1. The number of aryl methyl sites for hydroxylation is 1. The number of nitrogens with one attached hydrogen (secondary N) is 2. The molecule has 0 saturated heterocycles. The molecule has 0 aliphatic rings. The van der Waals surface area contributed by atoms with Gasteiger partial charge in [-0.3, -0.25) is 14.9 Å². The smallest absolute Gasteiger partial charge is 0.309 e. The molecule has 19 heavy (non-hydrogen) atoms. The van der Waals surface area contributed by atoms with Crippen LogP contribution in [0.15, 0.2) is 39.6 Å². The van der Waals surface area contributed by atoms with E-state index in [0.29, 0.717) is 5.69 Å². The van der Waals surface area contributed by atoms with Gasteiger partial charge in [0.05, 0.1) is 10.6 Å². The Morgan fingerprint density at radius 2 is 2.05 bits per heavy atom. The summed E-state index contributed by atoms with van der Waals surface area (Å²) in [5, 5.41) is 13.8. The molecule has 2 rings (SSSR count). The van der Waals surface area contributed by atoms with Crippen molar-refractivity contribution in [2.24, 2.45) is 0 Å². The van der Waals surface area contributed by atoms with Crippen molar-refractivity contribution in [2.75, 3.05) is 5.32 Å². The molecular formula is C12H10BrN3O3. The summed E-state index contributed by atoms with van der Waals surface area (Å²) < 4.78 is 0.786. The summed E-state index contributed by atoms with van der Waals surface area (Å²) in [6, 6.07) is 7.76. The number of nitrogens with zero attached hydrogens (tertiary/aromatic N) is 1. The number of benzene rings is 1. The van der Waals surface area contributed by atoms with Gasteiger partial charge in [-0.2, -0.15) is 0 Å². The SMILES string of the molecule is Cc1cccc(Nc2[nH]c(=O)ccc2[N+](=O)[O-])c1Br. The fraction of sp³-hybridized carbons (Fsp3) is 0.0833. The maximum absolute atomic E-state index is 11.3. The minimum Gasteiger partial charge on any atom is -0.335 e. The van der Waals surface area contributed by atoms with E-state index in [0.717, 1.165) is 16.1 Å². The van der Waals surface area contributed by atoms with Crippen molar-refractivity contribution in [1.29, 1.82) is 0 Å². The quantitative estimate of drug-likeness (QED) is 0.671. The van der Waals surface area contributed by atoms with Crippen LogP contribution in [0, 0.1) is 17.0 Å². The predicted octanol–water partition coefficient (Wildman–Crippen LogP) is 3.10. The van der Waals surface area contributed by atoms with Crippen LogP contribution in [0.1, 0.15) is 5.56 Å². The Kier molecular flexibility index (Phi) is 3.66. The predicted molar refractivity (Wildman–Crippen MR) is 75.9 cm³/mol. The lowest BCUT2D eigenvalue weighted by molar-refractivity contribution is -0.384. The Bertz CT molecular complexity index is 697. The maximum Gasteiger partial charge on any atom is 0.309 e. The molecule has 0 radical (unpaired) electrons. The van der Waals surface area contributed by atoms with E-state index in [4.69, 9.17) is 0 Å². The van der Waals surface area contributed by atoms with E-state index in [2.05, 4.69) is 26.2 Å². The zero-order chi connectivity index (χ0) is 14.0. The first-order valence-corrected chi connectivity index (χ1v) is 6.18. The fourth-order valence-electron chi connectivity index (χ4n) is 1.59. The Morgan fingerprint density at radius 1 is 1.32 bits per heavy atom. The molecule has 0 bridgehead atoms. The van der Waals surface area contributed by atoms with Crippen LogP contribution in [0.3, 0.4) is 0 Å². The number of hydrogen-bond donors (Lipinski definition) is 2. The van der Waals surface area contributed by atoms with Crippen LogP contribution >= 0.6 is 15.9 Å². The van der Waals surface area contributed by atoms with Crippen LogP contribution in [0.25, 0.3) is 0 Å². The topological polar surface area (TPSA) is 88.0 Å². The number of rotatable bonds is 3. The first kappa shape index (κ1) is 13.3. The molecule has 0 atom stereocenters. The molecule has 7 heteroatoms. The number of aromatic nitrogens is 1. The van der Waals surface area contributed by atoms with Crippen LogP contribution in [0.5, 0.6) is 0 Å². The second-order valence-electron chi connectivity index (χ2n) is 3.90. The Hall–Kier alpha value is -2.15. The van der Waals surface area contributed by atoms with Crippen molar-refractivity contribution in [3.63, 3.8) is 0 Å². The maximum atomic E-state index is 11.3. The molecule has 0 fully saturated rings. The van der Waals surface area contributed by atoms with Gasteiger partial charge in [-0.1, -0.05) is 12.1 Å². The van der Waals surface area contributed by atoms with E-state index < -0.39 is 10.5 Å². The zero-order valence-electron chi connectivity index (χ0n) is 9.94. The number of halogens is 1. The summed E-state index contributed by atoms with van der Waals surface area (Å²) in [5.74, 6) is 0.0591. The highest BCUT2D eigenvalue weighted by Crippen LogP contribution is 2.30. The fourth-order valence-corrected chi connectivity index (χ4v) is 1.96. The Labute approximate surface area is 116 Å². The van der Waals surface area contributed by atoms with E-state index in [1.165, 1.54) is 6.07 Å². The lowest BCUT2D eigenvalue weighted by Gasteiger charge is -2.10. The van der Waals surface area contributed by atoms with E-state index in [9.17, 15) is 14.9 Å². The average Bonchev–Trinajstić information content (AvgIpc) is 2.35. The molecule has 2 aromatic rings. The number of H-pyrrole nitrogens is 1. The third-order valence-corrected chi connectivity index (χ3v) is 3.60. The molecule has 0 aliphatic carbocycles. The van der Waals surface area contributed by atoms with E-state index in [1.54, 1.807) is 6.07 Å². The summed E-state index contributed by atoms with van der Waals surface area (Å²) in [6.45, 7) is 1.90. The van der Waals surface area contributed by atoms with Gasteiger partial charge in [0, 0.05) is 16.6 Å². The van der Waals surface area contributed by atoms with E-state index in [1.807, 2.05) is 19.1 Å². The van der Waals surface area contributed by atoms with Crippen molar-refractivity contribution >= 4 is 33.1 Å². The molecule has 0 unspecified atom stereocenters. The molecule has 0 amide bonds. The van der Waals surface area contributed by atoms with Gasteiger partial charge >= 0.3 is 5.69 Å². The largest absolute Gasteiger partial charge is 0.335 e. The minimum atomic E-state index is -0.554. The van der Waals surface area contributed by atoms with Crippen molar-refractivity contribution in [2.45, 2.75) is 6.92 Å². The summed E-state index contributed by atoms with van der Waals surface area (Å²) >= 11 is 3.39. The van der Waals surface area contributed by atoms with Crippen LogP contribution in [-0.4, -0.2) is 9.91 Å². The highest BCUT2D eigenvalue weighted by Gasteiger charge is 2.15. The standard InChI is InChI=1S/C12H10BrN3O3/c1-7-3-2-4-8(11(7)13)14-12-9(16(18)19)5-6-10(17)15-12/h2-6H,1H3,(H2,14,15,17). The summed E-state index contributed by atoms with van der Waals surface area (Å²) in [7, 11) is 0. The van der Waals surface area contributed by atoms with Gasteiger partial charge in [-0.05, 0) is 34.5 Å². The number of pyridine rings is 1. The highest BCUT2D eigenvalue weighted by atomic mass is 79.9. The average molecular weight is 324 g/mol. The van der Waals surface area contributed by atoms with E-state index >= 15 is 0 Å². The molecule has 1 aromatic carbocycles. The van der Waals surface area contributed by atoms with Crippen molar-refractivity contribution < 1.29 is 4.92 Å². The highest BCUT2D eigenvalue weighted by molar-refractivity contribution is 9.10. The van der Waals surface area contributed by atoms with Crippen molar-refractivity contribution in [3.05, 3.63) is 60.8 Å². The Balaban J connectivity index is 2.48. The summed E-state index contributed by atoms with van der Waals surface area (Å²) in [6.07, 6.45) is 0. The van der Waals surface area contributed by atoms with Crippen LogP contribution in [0.4, 0.5) is 17.2 Å². The van der Waals surface area contributed by atoms with E-state index in [-0.39, 0.29) is 11.5 Å². The van der Waals surface area contributed by atoms with Gasteiger partial charge in [0.1, 0.15) is 0 Å². The first-order valence-electron chi connectivity index (χ1n) is 5.39. The van der Waals surface area contributed by atoms with Crippen LogP contribution in [0.2, 0.25) is 0 Å². The molecule has 0 aliphatic heterocycles. The summed E-state index contributed by atoms with van der Waals surface area (Å²) in [4.78, 5) is 24.1. The monoisotopic (exact) mass is 323 g/mol. The van der Waals surface area contributed by atoms with Gasteiger partial charge in [-0.25, -0.2) is 0 Å². The molecular weight excluding hydrogens is 314 g/mol. The third kappa shape index (κ3) is 2.82. The van der Waals surface area contributed by atoms with Gasteiger partial charge in [-0.15, -0.1) is 0 Å². The van der Waals surface area contributed by atoms with Crippen LogP contribution in [-0.2, 0) is 0 Å². The number of anilines is 2. The van der Waals surface area contributed by atoms with Gasteiger partial charge in [0.25, 0.3) is 0 Å². The molecule has 6 nitrogen and oxygen atoms in total. The van der Waals surface area contributed by atoms with Gasteiger partial charge in [0.15, 0.2) is 5.82 Å². The summed E-state index contributed by atoms with van der Waals surface area (Å²) in [5.41, 5.74) is 1.03. The van der Waals surface area contributed by atoms with Crippen LogP contribution < -0.4 is 10.9 Å². The third-order valence-electron chi connectivity index (χ3n) is 2.55. The molecule has 0 saturated carbocycles. The van der Waals surface area contributed by atoms with Gasteiger partial charge in [0.2, 0.25) is 5.56 Å². The first-order chi connectivity index (χ1) is 8.99. The lowest BCUT2D eigenvalue weighted by atomic mass is 10.2. The van der Waals surface area contributed by atoms with Crippen molar-refractivity contribution in [3.8, 4) is 0 Å². The minimum absolute atomic E-state index is 0.0591. The molecule has 0 spiro atoms. The molecule has 1 heterocycles. The Morgan fingerprint density at radius 3 is 2.74 bits per heavy atom. The molecule has 1 aromatic heterocycles. The molecule has 98 valence electrons. The van der Waals surface area contributed by atoms with Crippen molar-refractivity contribution in [1.82, 2.24) is 4.98 Å². The lowest BCUT2D eigenvalue weighted by Crippen LogP contribution is -2.09. The molecule has 2 N–H and O–H groups in total. The number of aromatic amines is 1. The van der Waals surface area contributed by atoms with Gasteiger partial charge < -0.3 is 10.3 Å². The number of hydrogen-bond acceptors (Lipinski definition) is 4. The zero-order valence-corrected chi connectivity index (χ0v) is 11.5.